The molecular formula is C15H17NO7S. The van der Waals surface area contributed by atoms with Crippen LogP contribution in [0.15, 0.2) is 30.3 Å². The molecule has 2 N–H and O–H groups in total. The molecule has 9 heteroatoms. The Morgan fingerprint density at radius 3 is 2.42 bits per heavy atom. The van der Waals surface area contributed by atoms with Gasteiger partial charge in [0.25, 0.3) is 5.12 Å². The first-order valence-corrected chi connectivity index (χ1v) is 7.96. The van der Waals surface area contributed by atoms with Gasteiger partial charge >= 0.3 is 18.0 Å². The summed E-state index contributed by atoms with van der Waals surface area (Å²) < 4.78 is 9.40. The lowest BCUT2D eigenvalue weighted by atomic mass is 10.2. The molecule has 8 nitrogen and oxygen atoms in total. The number of rotatable bonds is 7. The first-order chi connectivity index (χ1) is 11.4. The van der Waals surface area contributed by atoms with E-state index in [9.17, 15) is 19.2 Å². The Hall–Kier alpha value is -2.55. The van der Waals surface area contributed by atoms with Crippen molar-refractivity contribution in [2.45, 2.75) is 19.6 Å². The van der Waals surface area contributed by atoms with Gasteiger partial charge in [-0.05, 0) is 12.5 Å². The molecule has 1 aromatic carbocycles. The van der Waals surface area contributed by atoms with Gasteiger partial charge in [0.2, 0.25) is 0 Å². The van der Waals surface area contributed by atoms with E-state index in [1.807, 2.05) is 6.07 Å². The number of carbonyl (C=O) groups is 4. The third-order valence-corrected chi connectivity index (χ3v) is 3.55. The largest absolute Gasteiger partial charge is 0.480 e. The summed E-state index contributed by atoms with van der Waals surface area (Å²) in [5, 5.41) is 10.3. The number of ether oxygens (including phenoxy) is 2. The lowest BCUT2D eigenvalue weighted by Gasteiger charge is -2.13. The van der Waals surface area contributed by atoms with Gasteiger partial charge < -0.3 is 19.9 Å². The second-order valence-corrected chi connectivity index (χ2v) is 5.41. The number of hydrogen-bond donors (Lipinski definition) is 2. The highest BCUT2D eigenvalue weighted by Gasteiger charge is 2.24. The zero-order valence-corrected chi connectivity index (χ0v) is 13.7. The number of hydrogen-bond acceptors (Lipinski definition) is 7. The molecule has 1 unspecified atom stereocenters. The highest BCUT2D eigenvalue weighted by Crippen LogP contribution is 2.07. The van der Waals surface area contributed by atoms with E-state index in [0.29, 0.717) is 11.8 Å². The summed E-state index contributed by atoms with van der Waals surface area (Å²) in [7, 11) is 0. The number of alkyl carbamates (subject to hydrolysis) is 1. The number of thioether (sulfide) groups is 1. The number of carboxylic acid groups (broad SMARTS) is 1. The fraction of sp³-hybridized carbons (Fsp3) is 0.333. The van der Waals surface area contributed by atoms with E-state index in [1.165, 1.54) is 0 Å². The molecular weight excluding hydrogens is 338 g/mol. The van der Waals surface area contributed by atoms with Gasteiger partial charge in [-0.25, -0.2) is 14.4 Å². The minimum absolute atomic E-state index is 0.0199. The van der Waals surface area contributed by atoms with E-state index in [1.54, 1.807) is 31.2 Å². The normalized spacial score (nSPS) is 11.2. The first kappa shape index (κ1) is 19.5. The molecule has 0 aliphatic carbocycles. The van der Waals surface area contributed by atoms with Crippen LogP contribution in [0.1, 0.15) is 12.5 Å². The summed E-state index contributed by atoms with van der Waals surface area (Å²) >= 11 is 0.453. The van der Waals surface area contributed by atoms with Crippen molar-refractivity contribution in [3.8, 4) is 0 Å². The number of amides is 1. The molecule has 0 saturated carbocycles. The fourth-order valence-electron chi connectivity index (χ4n) is 1.49. The van der Waals surface area contributed by atoms with Crippen molar-refractivity contribution in [2.24, 2.45) is 0 Å². The predicted molar refractivity (Wildman–Crippen MR) is 85.3 cm³/mol. The highest BCUT2D eigenvalue weighted by atomic mass is 32.2. The van der Waals surface area contributed by atoms with Crippen molar-refractivity contribution in [3.63, 3.8) is 0 Å². The molecule has 0 fully saturated rings. The van der Waals surface area contributed by atoms with E-state index in [-0.39, 0.29) is 19.0 Å². The summed E-state index contributed by atoms with van der Waals surface area (Å²) in [6, 6.07) is 7.47. The average Bonchev–Trinajstić information content (AvgIpc) is 2.57. The molecule has 0 saturated heterocycles. The number of esters is 1. The van der Waals surface area contributed by atoms with Gasteiger partial charge in [-0.15, -0.1) is 0 Å². The molecule has 1 amide bonds. The zero-order chi connectivity index (χ0) is 17.9. The second-order valence-electron chi connectivity index (χ2n) is 4.42. The third-order valence-electron chi connectivity index (χ3n) is 2.63. The van der Waals surface area contributed by atoms with Gasteiger partial charge in [0.15, 0.2) is 0 Å². The van der Waals surface area contributed by atoms with Gasteiger partial charge in [-0.3, -0.25) is 4.79 Å². The molecule has 0 spiro atoms. The van der Waals surface area contributed by atoms with Crippen molar-refractivity contribution in [2.75, 3.05) is 12.4 Å². The summed E-state index contributed by atoms with van der Waals surface area (Å²) in [4.78, 5) is 45.3. The lowest BCUT2D eigenvalue weighted by molar-refractivity contribution is -0.149. The topological polar surface area (TPSA) is 119 Å². The van der Waals surface area contributed by atoms with Crippen molar-refractivity contribution in [3.05, 3.63) is 35.9 Å². The van der Waals surface area contributed by atoms with Crippen molar-refractivity contribution < 1.29 is 33.8 Å². The number of benzene rings is 1. The van der Waals surface area contributed by atoms with Crippen LogP contribution in [0.2, 0.25) is 0 Å². The molecule has 0 bridgehead atoms. The molecule has 0 aliphatic heterocycles. The number of carbonyl (C=O) groups excluding carboxylic acids is 3. The molecule has 24 heavy (non-hydrogen) atoms. The summed E-state index contributed by atoms with van der Waals surface area (Å²) in [5.41, 5.74) is 0.742. The minimum Gasteiger partial charge on any atom is -0.480 e. The predicted octanol–water partition coefficient (Wildman–Crippen LogP) is 1.19. The maximum absolute atomic E-state index is 11.6. The van der Waals surface area contributed by atoms with E-state index in [4.69, 9.17) is 9.84 Å². The van der Waals surface area contributed by atoms with Crippen LogP contribution < -0.4 is 5.32 Å². The Balaban J connectivity index is 2.44. The molecule has 1 atom stereocenters. The van der Waals surface area contributed by atoms with Gasteiger partial charge in [0.05, 0.1) is 6.61 Å². The Kier molecular flexibility index (Phi) is 8.34. The number of carboxylic acids is 1. The number of nitrogens with one attached hydrogen (secondary N) is 1. The molecule has 130 valence electrons. The van der Waals surface area contributed by atoms with Crippen LogP contribution in [0, 0.1) is 0 Å². The molecule has 1 aromatic rings. The Morgan fingerprint density at radius 2 is 1.83 bits per heavy atom. The van der Waals surface area contributed by atoms with Gasteiger partial charge in [-0.2, -0.15) is 0 Å². The van der Waals surface area contributed by atoms with Gasteiger partial charge in [-0.1, -0.05) is 42.1 Å². The lowest BCUT2D eigenvalue weighted by Crippen LogP contribution is -2.43. The van der Waals surface area contributed by atoms with Crippen molar-refractivity contribution in [1.82, 2.24) is 5.32 Å². The smallest absolute Gasteiger partial charge is 0.408 e. The maximum atomic E-state index is 11.6. The van der Waals surface area contributed by atoms with Crippen LogP contribution in [0.4, 0.5) is 4.79 Å². The molecule has 0 heterocycles. The Morgan fingerprint density at radius 1 is 1.17 bits per heavy atom. The summed E-state index contributed by atoms with van der Waals surface area (Å²) in [6.45, 7) is 1.56. The standard InChI is InChI=1S/C15H17NO7S/c1-2-22-13(19)14(20)24-9-11(12(17)18)16-15(21)23-8-10-6-4-3-5-7-10/h3-7,11H,2,8-9H2,1H3,(H,16,21)(H,17,18). The maximum Gasteiger partial charge on any atom is 0.408 e. The van der Waals surface area contributed by atoms with Crippen LogP contribution >= 0.6 is 11.8 Å². The van der Waals surface area contributed by atoms with Crippen LogP contribution in [-0.4, -0.2) is 46.7 Å². The summed E-state index contributed by atoms with van der Waals surface area (Å²) in [5.74, 6) is -2.73. The SMILES string of the molecule is CCOC(=O)C(=O)SCC(NC(=O)OCc1ccccc1)C(=O)O. The fourth-order valence-corrected chi connectivity index (χ4v) is 2.21. The van der Waals surface area contributed by atoms with Crippen molar-refractivity contribution in [1.29, 1.82) is 0 Å². The van der Waals surface area contributed by atoms with Gasteiger partial charge in [0.1, 0.15) is 12.6 Å². The van der Waals surface area contributed by atoms with E-state index in [2.05, 4.69) is 10.1 Å². The molecule has 1 rings (SSSR count). The van der Waals surface area contributed by atoms with Crippen LogP contribution in [0.5, 0.6) is 0 Å². The van der Waals surface area contributed by atoms with Crippen molar-refractivity contribution >= 4 is 34.9 Å². The van der Waals surface area contributed by atoms with Gasteiger partial charge in [0, 0.05) is 5.75 Å². The first-order valence-electron chi connectivity index (χ1n) is 6.98. The van der Waals surface area contributed by atoms with Crippen LogP contribution in [0.25, 0.3) is 0 Å². The molecule has 0 aliphatic rings. The highest BCUT2D eigenvalue weighted by molar-refractivity contribution is 8.15. The molecule has 0 aromatic heterocycles. The quantitative estimate of drug-likeness (QED) is 0.553. The van der Waals surface area contributed by atoms with Crippen LogP contribution in [0.3, 0.4) is 0 Å². The number of aliphatic carboxylic acids is 1. The summed E-state index contributed by atoms with van der Waals surface area (Å²) in [6.07, 6.45) is -0.935. The second kappa shape index (κ2) is 10.3. The third kappa shape index (κ3) is 7.14. The van der Waals surface area contributed by atoms with E-state index in [0.717, 1.165) is 5.56 Å². The Labute approximate surface area is 142 Å². The Bertz CT molecular complexity index is 591. The van der Waals surface area contributed by atoms with Crippen LogP contribution in [-0.2, 0) is 30.5 Å². The average molecular weight is 355 g/mol. The molecule has 0 radical (unpaired) electrons. The van der Waals surface area contributed by atoms with E-state index < -0.39 is 29.2 Å². The zero-order valence-electron chi connectivity index (χ0n) is 12.9. The minimum atomic E-state index is -1.38. The van der Waals surface area contributed by atoms with E-state index >= 15 is 0 Å². The monoisotopic (exact) mass is 355 g/mol.